The van der Waals surface area contributed by atoms with E-state index < -0.39 is 0 Å². The van der Waals surface area contributed by atoms with Gasteiger partial charge in [0.2, 0.25) is 5.91 Å². The van der Waals surface area contributed by atoms with E-state index in [2.05, 4.69) is 23.5 Å². The van der Waals surface area contributed by atoms with Crippen LogP contribution in [0.5, 0.6) is 0 Å². The van der Waals surface area contributed by atoms with E-state index in [9.17, 15) is 9.59 Å². The van der Waals surface area contributed by atoms with Gasteiger partial charge in [-0.15, -0.1) is 17.9 Å². The smallest absolute Gasteiger partial charge is 0.273 e. The number of hydrogen-bond donors (Lipinski definition) is 0. The normalized spacial score (nSPS) is 11.1. The molecular formula is C22H21N5O2S3. The molecule has 0 saturated heterocycles. The molecule has 3 aromatic heterocycles. The van der Waals surface area contributed by atoms with Gasteiger partial charge in [-0.3, -0.25) is 19.1 Å². The van der Waals surface area contributed by atoms with Gasteiger partial charge >= 0.3 is 0 Å². The van der Waals surface area contributed by atoms with Gasteiger partial charge in [-0.1, -0.05) is 42.5 Å². The zero-order valence-corrected chi connectivity index (χ0v) is 20.1. The molecule has 7 nitrogen and oxygen atoms in total. The Kier molecular flexibility index (Phi) is 6.45. The van der Waals surface area contributed by atoms with Crippen LogP contribution >= 0.6 is 34.9 Å². The Morgan fingerprint density at radius 1 is 1.34 bits per heavy atom. The van der Waals surface area contributed by atoms with E-state index in [1.807, 2.05) is 29.6 Å². The van der Waals surface area contributed by atoms with E-state index in [0.717, 1.165) is 17.7 Å². The summed E-state index contributed by atoms with van der Waals surface area (Å²) in [5, 5.41) is 2.43. The van der Waals surface area contributed by atoms with E-state index in [4.69, 9.17) is 12.2 Å². The molecule has 0 spiro atoms. The average molecular weight is 484 g/mol. The predicted octanol–water partition coefficient (Wildman–Crippen LogP) is 4.93. The number of amides is 1. The first-order valence-electron chi connectivity index (χ1n) is 9.97. The predicted molar refractivity (Wildman–Crippen MR) is 133 cm³/mol. The third-order valence-corrected chi connectivity index (χ3v) is 7.25. The number of thiazole rings is 2. The summed E-state index contributed by atoms with van der Waals surface area (Å²) in [5.41, 5.74) is 2.98. The quantitative estimate of drug-likeness (QED) is 0.275. The lowest BCUT2D eigenvalue weighted by atomic mass is 10.1. The Morgan fingerprint density at radius 2 is 2.12 bits per heavy atom. The fraction of sp³-hybridized carbons (Fsp3) is 0.227. The van der Waals surface area contributed by atoms with E-state index in [1.165, 1.54) is 40.5 Å². The van der Waals surface area contributed by atoms with E-state index in [0.29, 0.717) is 31.7 Å². The molecule has 0 aliphatic heterocycles. The van der Waals surface area contributed by atoms with E-state index in [-0.39, 0.29) is 18.0 Å². The molecular weight excluding hydrogens is 462 g/mol. The minimum atomic E-state index is -0.164. The van der Waals surface area contributed by atoms with Gasteiger partial charge in [0.05, 0.1) is 17.9 Å². The first-order valence-corrected chi connectivity index (χ1v) is 12.1. The molecule has 0 atom stereocenters. The minimum absolute atomic E-state index is 0.115. The summed E-state index contributed by atoms with van der Waals surface area (Å²) in [5.74, 6) is -0.115. The minimum Gasteiger partial charge on any atom is -0.304 e. The van der Waals surface area contributed by atoms with Gasteiger partial charge in [0, 0.05) is 18.8 Å². The van der Waals surface area contributed by atoms with Crippen LogP contribution in [0.15, 0.2) is 53.4 Å². The number of fused-ring (bicyclic) bond motifs is 1. The van der Waals surface area contributed by atoms with E-state index >= 15 is 0 Å². The molecule has 0 radical (unpaired) electrons. The van der Waals surface area contributed by atoms with Crippen molar-refractivity contribution >= 4 is 62.0 Å². The molecule has 0 fully saturated rings. The number of benzene rings is 1. The summed E-state index contributed by atoms with van der Waals surface area (Å²) in [6.07, 6.45) is 4.04. The molecule has 1 amide bonds. The van der Waals surface area contributed by atoms with Crippen LogP contribution in [0.1, 0.15) is 25.1 Å². The molecule has 4 aromatic rings. The second kappa shape index (κ2) is 9.27. The van der Waals surface area contributed by atoms with Crippen molar-refractivity contribution in [2.75, 3.05) is 4.90 Å². The summed E-state index contributed by atoms with van der Waals surface area (Å²) in [7, 11) is 0. The van der Waals surface area contributed by atoms with Crippen molar-refractivity contribution in [3.8, 4) is 0 Å². The Balaban J connectivity index is 1.68. The highest BCUT2D eigenvalue weighted by atomic mass is 32.1. The molecule has 0 bridgehead atoms. The molecule has 0 N–H and O–H groups in total. The highest BCUT2D eigenvalue weighted by molar-refractivity contribution is 7.73. The molecule has 10 heteroatoms. The lowest BCUT2D eigenvalue weighted by molar-refractivity contribution is -0.115. The van der Waals surface area contributed by atoms with Gasteiger partial charge in [-0.25, -0.2) is 9.97 Å². The average Bonchev–Trinajstić information content (AvgIpc) is 3.36. The summed E-state index contributed by atoms with van der Waals surface area (Å²) < 4.78 is 4.41. The van der Waals surface area contributed by atoms with Crippen LogP contribution in [-0.2, 0) is 24.3 Å². The largest absolute Gasteiger partial charge is 0.304 e. The molecule has 0 unspecified atom stereocenters. The summed E-state index contributed by atoms with van der Waals surface area (Å²) in [6, 6.07) is 7.80. The zero-order valence-electron chi connectivity index (χ0n) is 17.6. The second-order valence-electron chi connectivity index (χ2n) is 7.06. The Bertz CT molecular complexity index is 1430. The molecule has 0 aliphatic carbocycles. The monoisotopic (exact) mass is 483 g/mol. The highest BCUT2D eigenvalue weighted by Crippen LogP contribution is 2.32. The summed E-state index contributed by atoms with van der Waals surface area (Å²) in [4.78, 5) is 36.2. The number of allylic oxidation sites excluding steroid dienone is 1. The van der Waals surface area contributed by atoms with Crippen molar-refractivity contribution in [3.63, 3.8) is 0 Å². The number of nitrogens with zero attached hydrogens (tertiary/aromatic N) is 5. The number of para-hydroxylation sites is 1. The van der Waals surface area contributed by atoms with E-state index in [1.54, 1.807) is 15.5 Å². The molecule has 1 aromatic carbocycles. The molecule has 0 aliphatic rings. The number of rotatable bonds is 7. The number of carbonyl (C=O) groups excluding carboxylic acids is 1. The molecule has 4 rings (SSSR count). The third-order valence-electron chi connectivity index (χ3n) is 4.95. The Morgan fingerprint density at radius 3 is 2.84 bits per heavy atom. The van der Waals surface area contributed by atoms with Crippen LogP contribution in [0.2, 0.25) is 0 Å². The molecule has 164 valence electrons. The Hall–Kier alpha value is -2.95. The standard InChI is InChI=1S/C22H21N5O2S3/c1-4-10-26-19-18(32-22(26)30)20(29)25(13-23-19)11-16-12-31-21(24-16)27(14(3)28)17-9-7-6-8-15(17)5-2/h4,6-9,12-13H,1,5,10-11H2,2-3H3. The van der Waals surface area contributed by atoms with Crippen molar-refractivity contribution in [1.29, 1.82) is 0 Å². The van der Waals surface area contributed by atoms with Crippen molar-refractivity contribution in [2.45, 2.75) is 33.4 Å². The van der Waals surface area contributed by atoms with Gasteiger partial charge in [-0.05, 0) is 30.3 Å². The number of anilines is 2. The summed E-state index contributed by atoms with van der Waals surface area (Å²) in [6.45, 7) is 8.07. The van der Waals surface area contributed by atoms with Crippen LogP contribution < -0.4 is 10.5 Å². The number of aryl methyl sites for hydroxylation is 1. The van der Waals surface area contributed by atoms with Gasteiger partial charge < -0.3 is 4.57 Å². The van der Waals surface area contributed by atoms with Gasteiger partial charge in [0.25, 0.3) is 5.56 Å². The van der Waals surface area contributed by atoms with Crippen molar-refractivity contribution in [3.05, 3.63) is 74.2 Å². The lowest BCUT2D eigenvalue weighted by Crippen LogP contribution is -2.24. The first kappa shape index (κ1) is 22.3. The van der Waals surface area contributed by atoms with Crippen LogP contribution in [0, 0.1) is 3.95 Å². The SMILES string of the molecule is C=CCn1c(=S)sc2c(=O)n(Cc3csc(N(C(C)=O)c4ccccc4CC)n3)cnc21. The molecule has 3 heterocycles. The van der Waals surface area contributed by atoms with Crippen molar-refractivity contribution < 1.29 is 4.79 Å². The van der Waals surface area contributed by atoms with Crippen molar-refractivity contribution in [1.82, 2.24) is 19.1 Å². The maximum atomic E-state index is 13.0. The number of carbonyl (C=O) groups is 1. The van der Waals surface area contributed by atoms with Gasteiger partial charge in [0.15, 0.2) is 14.7 Å². The van der Waals surface area contributed by atoms with Crippen LogP contribution in [-0.4, -0.2) is 25.0 Å². The van der Waals surface area contributed by atoms with Crippen molar-refractivity contribution in [2.24, 2.45) is 0 Å². The molecule has 0 saturated carbocycles. The molecule has 32 heavy (non-hydrogen) atoms. The maximum Gasteiger partial charge on any atom is 0.273 e. The topological polar surface area (TPSA) is 73.0 Å². The van der Waals surface area contributed by atoms with Gasteiger partial charge in [0.1, 0.15) is 11.0 Å². The maximum absolute atomic E-state index is 13.0. The number of hydrogen-bond acceptors (Lipinski definition) is 7. The zero-order chi connectivity index (χ0) is 22.8. The Labute approximate surface area is 197 Å². The third kappa shape index (κ3) is 4.08. The van der Waals surface area contributed by atoms with Crippen LogP contribution in [0.3, 0.4) is 0 Å². The number of aromatic nitrogens is 4. The van der Waals surface area contributed by atoms with Gasteiger partial charge in [-0.2, -0.15) is 0 Å². The fourth-order valence-corrected chi connectivity index (χ4v) is 5.64. The highest BCUT2D eigenvalue weighted by Gasteiger charge is 2.20. The fourth-order valence-electron chi connectivity index (χ4n) is 3.46. The summed E-state index contributed by atoms with van der Waals surface area (Å²) >= 11 is 7.99. The van der Waals surface area contributed by atoms with Crippen LogP contribution in [0.4, 0.5) is 10.8 Å². The first-order chi connectivity index (χ1) is 15.4. The second-order valence-corrected chi connectivity index (χ2v) is 9.54. The van der Waals surface area contributed by atoms with Crippen LogP contribution in [0.25, 0.3) is 10.3 Å². The lowest BCUT2D eigenvalue weighted by Gasteiger charge is -2.21.